The SMILES string of the molecule is N#Cc1ccc2c(c1)c1c3c(ccc1n2-c1c(C#N)cccc1-c1ccc(-n2c4ccccc4c4c5oc6ccccc6c5ccc42)cc1)sc1ccccc13. The zero-order valence-corrected chi connectivity index (χ0v) is 30.4. The average Bonchev–Trinajstić information content (AvgIpc) is 4.00. The highest BCUT2D eigenvalue weighted by Crippen LogP contribution is 2.46. The Hall–Kier alpha value is -7.64. The van der Waals surface area contributed by atoms with Crippen molar-refractivity contribution in [3.63, 3.8) is 0 Å². The fourth-order valence-corrected chi connectivity index (χ4v) is 10.2. The van der Waals surface area contributed by atoms with E-state index in [1.54, 1.807) is 11.3 Å². The molecule has 0 radical (unpaired) electrons. The molecule has 0 fully saturated rings. The predicted octanol–water partition coefficient (Wildman–Crippen LogP) is 13.6. The van der Waals surface area contributed by atoms with Crippen molar-refractivity contribution >= 4 is 97.1 Å². The molecule has 0 spiro atoms. The largest absolute Gasteiger partial charge is 0.455 e. The highest BCUT2D eigenvalue weighted by atomic mass is 32.1. The molecule has 4 heterocycles. The van der Waals surface area contributed by atoms with Crippen LogP contribution in [0.1, 0.15) is 11.1 Å². The Morgan fingerprint density at radius 1 is 0.482 bits per heavy atom. The summed E-state index contributed by atoms with van der Waals surface area (Å²) in [6.45, 7) is 0. The van der Waals surface area contributed by atoms with E-state index >= 15 is 0 Å². The van der Waals surface area contributed by atoms with Crippen molar-refractivity contribution in [1.29, 1.82) is 10.5 Å². The van der Waals surface area contributed by atoms with Gasteiger partial charge in [-0.1, -0.05) is 78.9 Å². The van der Waals surface area contributed by atoms with E-state index in [0.29, 0.717) is 11.1 Å². The molecule has 0 N–H and O–H groups in total. The summed E-state index contributed by atoms with van der Waals surface area (Å²) in [7, 11) is 0. The Bertz CT molecular complexity index is 3730. The highest BCUT2D eigenvalue weighted by molar-refractivity contribution is 7.26. The molecular weight excluding hydrogens is 705 g/mol. The van der Waals surface area contributed by atoms with Gasteiger partial charge >= 0.3 is 0 Å². The van der Waals surface area contributed by atoms with Crippen LogP contribution in [0.2, 0.25) is 0 Å². The third-order valence-electron chi connectivity index (χ3n) is 11.4. The zero-order valence-electron chi connectivity index (χ0n) is 29.6. The second-order valence-corrected chi connectivity index (χ2v) is 15.3. The first kappa shape index (κ1) is 30.8. The van der Waals surface area contributed by atoms with E-state index in [2.05, 4.69) is 137 Å². The van der Waals surface area contributed by atoms with Crippen LogP contribution in [0.5, 0.6) is 0 Å². The Kier molecular flexibility index (Phi) is 6.28. The van der Waals surface area contributed by atoms with Crippen LogP contribution < -0.4 is 0 Å². The average molecular weight is 731 g/mol. The van der Waals surface area contributed by atoms with Gasteiger partial charge in [-0.2, -0.15) is 10.5 Å². The van der Waals surface area contributed by atoms with E-state index in [4.69, 9.17) is 4.42 Å². The van der Waals surface area contributed by atoms with Crippen LogP contribution in [0.4, 0.5) is 0 Å². The van der Waals surface area contributed by atoms with Crippen molar-refractivity contribution in [2.75, 3.05) is 0 Å². The van der Waals surface area contributed by atoms with Crippen molar-refractivity contribution in [3.05, 3.63) is 169 Å². The Morgan fingerprint density at radius 3 is 2.07 bits per heavy atom. The van der Waals surface area contributed by atoms with E-state index in [9.17, 15) is 10.5 Å². The van der Waals surface area contributed by atoms with Crippen LogP contribution >= 0.6 is 11.3 Å². The number of hydrogen-bond acceptors (Lipinski definition) is 4. The maximum absolute atomic E-state index is 10.7. The first-order valence-corrected chi connectivity index (χ1v) is 19.3. The monoisotopic (exact) mass is 730 g/mol. The molecule has 0 saturated carbocycles. The minimum Gasteiger partial charge on any atom is -0.455 e. The minimum absolute atomic E-state index is 0.572. The van der Waals surface area contributed by atoms with E-state index < -0.39 is 0 Å². The lowest BCUT2D eigenvalue weighted by Gasteiger charge is -2.16. The van der Waals surface area contributed by atoms with Crippen LogP contribution in [-0.2, 0) is 0 Å². The van der Waals surface area contributed by atoms with Gasteiger partial charge < -0.3 is 13.6 Å². The van der Waals surface area contributed by atoms with Crippen molar-refractivity contribution in [3.8, 4) is 34.6 Å². The molecule has 56 heavy (non-hydrogen) atoms. The molecule has 8 aromatic carbocycles. The molecule has 0 amide bonds. The summed E-state index contributed by atoms with van der Waals surface area (Å²) in [5.41, 5.74) is 10.9. The van der Waals surface area contributed by atoms with Gasteiger partial charge in [-0.15, -0.1) is 11.3 Å². The number of rotatable bonds is 3. The van der Waals surface area contributed by atoms with E-state index in [0.717, 1.165) is 88.1 Å². The lowest BCUT2D eigenvalue weighted by molar-refractivity contribution is 0.673. The molecule has 5 nitrogen and oxygen atoms in total. The normalized spacial score (nSPS) is 11.9. The predicted molar refractivity (Wildman–Crippen MR) is 230 cm³/mol. The number of benzene rings is 8. The van der Waals surface area contributed by atoms with E-state index in [-0.39, 0.29) is 0 Å². The molecule has 6 heteroatoms. The van der Waals surface area contributed by atoms with E-state index in [1.807, 2.05) is 42.5 Å². The maximum atomic E-state index is 10.7. The molecule has 0 aliphatic rings. The van der Waals surface area contributed by atoms with Crippen LogP contribution in [0, 0.1) is 22.7 Å². The van der Waals surface area contributed by atoms with Gasteiger partial charge in [-0.3, -0.25) is 0 Å². The van der Waals surface area contributed by atoms with Gasteiger partial charge in [0.05, 0.1) is 50.3 Å². The number of nitriles is 2. The van der Waals surface area contributed by atoms with Crippen molar-refractivity contribution in [1.82, 2.24) is 9.13 Å². The molecule has 0 bridgehead atoms. The number of aromatic nitrogens is 2. The van der Waals surface area contributed by atoms with Crippen molar-refractivity contribution < 1.29 is 4.42 Å². The van der Waals surface area contributed by atoms with Gasteiger partial charge in [-0.25, -0.2) is 0 Å². The van der Waals surface area contributed by atoms with Gasteiger partial charge in [0.1, 0.15) is 17.2 Å². The smallest absolute Gasteiger partial charge is 0.145 e. The summed E-state index contributed by atoms with van der Waals surface area (Å²) in [5, 5.41) is 29.6. The summed E-state index contributed by atoms with van der Waals surface area (Å²) in [5.74, 6) is 0. The molecule has 0 aliphatic heterocycles. The lowest BCUT2D eigenvalue weighted by atomic mass is 9.99. The van der Waals surface area contributed by atoms with Crippen LogP contribution in [-0.4, -0.2) is 9.13 Å². The zero-order chi connectivity index (χ0) is 37.1. The molecular formula is C50H26N4OS. The third kappa shape index (κ3) is 4.11. The second-order valence-electron chi connectivity index (χ2n) is 14.3. The molecule has 258 valence electrons. The van der Waals surface area contributed by atoms with Gasteiger partial charge in [-0.05, 0) is 84.4 Å². The molecule has 0 atom stereocenters. The van der Waals surface area contributed by atoms with Crippen LogP contribution in [0.25, 0.3) is 108 Å². The van der Waals surface area contributed by atoms with Crippen molar-refractivity contribution in [2.24, 2.45) is 0 Å². The third-order valence-corrected chi connectivity index (χ3v) is 12.5. The van der Waals surface area contributed by atoms with Crippen LogP contribution in [0.3, 0.4) is 0 Å². The minimum atomic E-state index is 0.572. The molecule has 12 rings (SSSR count). The summed E-state index contributed by atoms with van der Waals surface area (Å²) in [6, 6.07) is 59.3. The topological polar surface area (TPSA) is 70.6 Å². The van der Waals surface area contributed by atoms with Crippen LogP contribution in [0.15, 0.2) is 162 Å². The number of hydrogen-bond donors (Lipinski definition) is 0. The first-order chi connectivity index (χ1) is 27.7. The summed E-state index contributed by atoms with van der Waals surface area (Å²) < 4.78 is 13.5. The Balaban J connectivity index is 1.09. The number of fused-ring (bicyclic) bond motifs is 14. The standard InChI is InChI=1S/C50H26N4OS/c51-27-29-16-22-40-38(26-29)46-41(24-25-45-48(46)37-11-3-6-15-44(37)56-45)54(40)49-31(28-52)8-7-12-33(49)30-17-19-32(20-18-30)53-39-13-4-1-10-36(39)47-42(53)23-21-35-34-9-2-5-14-43(34)55-50(35)47/h1-26H. The quantitative estimate of drug-likeness (QED) is 0.182. The molecule has 0 aliphatic carbocycles. The van der Waals surface area contributed by atoms with E-state index in [1.165, 1.54) is 20.2 Å². The summed E-state index contributed by atoms with van der Waals surface area (Å²) in [6.07, 6.45) is 0. The second kappa shape index (κ2) is 11.4. The Morgan fingerprint density at radius 2 is 1.21 bits per heavy atom. The fraction of sp³-hybridized carbons (Fsp3) is 0. The number of furan rings is 1. The van der Waals surface area contributed by atoms with Gasteiger partial charge in [0.2, 0.25) is 0 Å². The highest BCUT2D eigenvalue weighted by Gasteiger charge is 2.23. The molecule has 4 aromatic heterocycles. The van der Waals surface area contributed by atoms with Crippen molar-refractivity contribution in [2.45, 2.75) is 0 Å². The molecule has 12 aromatic rings. The lowest BCUT2D eigenvalue weighted by Crippen LogP contribution is -2.01. The maximum Gasteiger partial charge on any atom is 0.145 e. The number of thiophene rings is 1. The molecule has 0 unspecified atom stereocenters. The fourth-order valence-electron chi connectivity index (χ4n) is 9.05. The first-order valence-electron chi connectivity index (χ1n) is 18.5. The number of para-hydroxylation sites is 3. The van der Waals surface area contributed by atoms with Gasteiger partial charge in [0, 0.05) is 58.4 Å². The number of nitrogens with zero attached hydrogens (tertiary/aromatic N) is 4. The molecule has 0 saturated heterocycles. The summed E-state index contributed by atoms with van der Waals surface area (Å²) in [4.78, 5) is 0. The Labute approximate surface area is 323 Å². The van der Waals surface area contributed by atoms with Gasteiger partial charge in [0.25, 0.3) is 0 Å². The summed E-state index contributed by atoms with van der Waals surface area (Å²) >= 11 is 1.78. The van der Waals surface area contributed by atoms with Gasteiger partial charge in [0.15, 0.2) is 0 Å².